The molecule has 2 amide bonds. The van der Waals surface area contributed by atoms with E-state index in [0.29, 0.717) is 25.6 Å². The number of para-hydroxylation sites is 1. The highest BCUT2D eigenvalue weighted by molar-refractivity contribution is 7.18. The summed E-state index contributed by atoms with van der Waals surface area (Å²) in [5.74, 6) is 0.462. The van der Waals surface area contributed by atoms with Gasteiger partial charge in [0.2, 0.25) is 0 Å². The number of nitrogens with one attached hydrogen (secondary N) is 2. The van der Waals surface area contributed by atoms with Gasteiger partial charge in [0.05, 0.1) is 21.8 Å². The van der Waals surface area contributed by atoms with Crippen LogP contribution in [0.1, 0.15) is 37.6 Å². The van der Waals surface area contributed by atoms with Gasteiger partial charge in [0.15, 0.2) is 13.1 Å². The van der Waals surface area contributed by atoms with Gasteiger partial charge in [-0.1, -0.05) is 12.1 Å². The van der Waals surface area contributed by atoms with E-state index in [-0.39, 0.29) is 11.8 Å². The number of nitrogens with zero attached hydrogens (tertiary/aromatic N) is 2. The molecule has 2 N–H and O–H groups in total. The standard InChI is InChI=1S/C20H28N4O2S/c1-3-21-18(25)13-23(4-2)14-19(26)24-11-7-8-15(12-24)20-22-16-9-5-6-10-17(16)27-20/h5-6,9-10,15H,3-4,7-8,11-14H2,1-2H3,(H,21,25)/p+1/t15-/m1/s1. The topological polar surface area (TPSA) is 66.7 Å². The van der Waals surface area contributed by atoms with Crippen molar-refractivity contribution in [2.45, 2.75) is 32.6 Å². The lowest BCUT2D eigenvalue weighted by Gasteiger charge is -2.32. The number of piperidine rings is 1. The number of benzene rings is 1. The van der Waals surface area contributed by atoms with Crippen LogP contribution in [0.5, 0.6) is 0 Å². The van der Waals surface area contributed by atoms with Crippen molar-refractivity contribution in [3.8, 4) is 0 Å². The van der Waals surface area contributed by atoms with Crippen molar-refractivity contribution < 1.29 is 14.5 Å². The van der Waals surface area contributed by atoms with Crippen molar-refractivity contribution in [1.29, 1.82) is 0 Å². The maximum Gasteiger partial charge on any atom is 0.277 e. The van der Waals surface area contributed by atoms with Crippen molar-refractivity contribution in [2.75, 3.05) is 39.3 Å². The molecule has 6 nitrogen and oxygen atoms in total. The first-order valence-electron chi connectivity index (χ1n) is 9.84. The summed E-state index contributed by atoms with van der Waals surface area (Å²) in [5.41, 5.74) is 1.05. The smallest absolute Gasteiger partial charge is 0.277 e. The molecule has 1 aromatic heterocycles. The number of carbonyl (C=O) groups excluding carboxylic acids is 2. The Morgan fingerprint density at radius 3 is 2.85 bits per heavy atom. The summed E-state index contributed by atoms with van der Waals surface area (Å²) in [6.07, 6.45) is 2.08. The van der Waals surface area contributed by atoms with Gasteiger partial charge < -0.3 is 15.1 Å². The van der Waals surface area contributed by atoms with Gasteiger partial charge in [0, 0.05) is 25.6 Å². The van der Waals surface area contributed by atoms with Crippen LogP contribution < -0.4 is 10.2 Å². The van der Waals surface area contributed by atoms with E-state index in [1.54, 1.807) is 11.3 Å². The number of quaternary nitrogens is 1. The Morgan fingerprint density at radius 2 is 2.11 bits per heavy atom. The second-order valence-electron chi connectivity index (χ2n) is 7.11. The maximum absolute atomic E-state index is 12.8. The first kappa shape index (κ1) is 19.8. The first-order chi connectivity index (χ1) is 13.1. The van der Waals surface area contributed by atoms with Gasteiger partial charge in [-0.15, -0.1) is 11.3 Å². The molecule has 146 valence electrons. The SMILES string of the molecule is CCNC(=O)C[NH+](CC)CC(=O)N1CCC[C@@H](c2nc3ccccc3s2)C1. The lowest BCUT2D eigenvalue weighted by atomic mass is 9.98. The van der Waals surface area contributed by atoms with Crippen molar-refractivity contribution in [3.05, 3.63) is 29.3 Å². The third kappa shape index (κ3) is 5.05. The number of likely N-dealkylation sites (N-methyl/N-ethyl adjacent to an activating group) is 2. The highest BCUT2D eigenvalue weighted by atomic mass is 32.1. The quantitative estimate of drug-likeness (QED) is 0.744. The Bertz CT molecular complexity index is 758. The van der Waals surface area contributed by atoms with Crippen molar-refractivity contribution in [3.63, 3.8) is 0 Å². The van der Waals surface area contributed by atoms with Crippen LogP contribution in [0, 0.1) is 0 Å². The van der Waals surface area contributed by atoms with E-state index in [2.05, 4.69) is 11.4 Å². The number of rotatable bonds is 7. The number of amides is 2. The second-order valence-corrected chi connectivity index (χ2v) is 8.17. The zero-order chi connectivity index (χ0) is 19.2. The van der Waals surface area contributed by atoms with Crippen LogP contribution in [0.25, 0.3) is 10.2 Å². The Kier molecular flexibility index (Phi) is 6.79. The predicted octanol–water partition coefficient (Wildman–Crippen LogP) is 1.04. The van der Waals surface area contributed by atoms with Crippen molar-refractivity contribution >= 4 is 33.4 Å². The zero-order valence-electron chi connectivity index (χ0n) is 16.2. The van der Waals surface area contributed by atoms with E-state index in [1.807, 2.05) is 36.9 Å². The molecule has 1 fully saturated rings. The molecule has 3 rings (SSSR count). The van der Waals surface area contributed by atoms with E-state index in [0.717, 1.165) is 47.9 Å². The zero-order valence-corrected chi connectivity index (χ0v) is 17.0. The van der Waals surface area contributed by atoms with E-state index in [1.165, 1.54) is 4.70 Å². The molecule has 1 unspecified atom stereocenters. The molecule has 0 spiro atoms. The molecule has 0 bridgehead atoms. The lowest BCUT2D eigenvalue weighted by Crippen LogP contribution is -3.14. The fraction of sp³-hybridized carbons (Fsp3) is 0.550. The Labute approximate surface area is 164 Å². The molecule has 1 aromatic carbocycles. The van der Waals surface area contributed by atoms with Gasteiger partial charge in [-0.2, -0.15) is 0 Å². The van der Waals surface area contributed by atoms with Gasteiger partial charge >= 0.3 is 0 Å². The molecule has 0 aliphatic carbocycles. The molecular weight excluding hydrogens is 360 g/mol. The van der Waals surface area contributed by atoms with Crippen LogP contribution in [-0.4, -0.2) is 61.0 Å². The number of hydrogen-bond donors (Lipinski definition) is 2. The third-order valence-corrected chi connectivity index (χ3v) is 6.32. The summed E-state index contributed by atoms with van der Waals surface area (Å²) >= 11 is 1.74. The second kappa shape index (κ2) is 9.28. The molecule has 27 heavy (non-hydrogen) atoms. The van der Waals surface area contributed by atoms with Crippen LogP contribution in [0.4, 0.5) is 0 Å². The Balaban J connectivity index is 1.61. The number of hydrogen-bond acceptors (Lipinski definition) is 4. The minimum atomic E-state index is 0.00754. The normalized spacial score (nSPS) is 18.4. The number of thiazole rings is 1. The minimum Gasteiger partial charge on any atom is -0.351 e. The van der Waals surface area contributed by atoms with E-state index < -0.39 is 0 Å². The Morgan fingerprint density at radius 1 is 1.30 bits per heavy atom. The molecule has 2 aromatic rings. The number of likely N-dealkylation sites (tertiary alicyclic amines) is 1. The van der Waals surface area contributed by atoms with Crippen LogP contribution >= 0.6 is 11.3 Å². The average Bonchev–Trinajstić information content (AvgIpc) is 3.12. The molecule has 1 aliphatic heterocycles. The molecular formula is C20H29N4O2S+. The Hall–Kier alpha value is -1.99. The predicted molar refractivity (Wildman–Crippen MR) is 108 cm³/mol. The van der Waals surface area contributed by atoms with E-state index in [4.69, 9.17) is 4.98 Å². The molecule has 7 heteroatoms. The van der Waals surface area contributed by atoms with Crippen molar-refractivity contribution in [1.82, 2.24) is 15.2 Å². The average molecular weight is 390 g/mol. The van der Waals surface area contributed by atoms with Gasteiger partial charge in [-0.25, -0.2) is 4.98 Å². The largest absolute Gasteiger partial charge is 0.351 e. The summed E-state index contributed by atoms with van der Waals surface area (Å²) in [6.45, 7) is 7.57. The van der Waals surface area contributed by atoms with E-state index >= 15 is 0 Å². The van der Waals surface area contributed by atoms with Crippen LogP contribution in [-0.2, 0) is 9.59 Å². The van der Waals surface area contributed by atoms with Crippen LogP contribution in [0.15, 0.2) is 24.3 Å². The molecule has 0 saturated carbocycles. The highest BCUT2D eigenvalue weighted by Gasteiger charge is 2.29. The van der Waals surface area contributed by atoms with E-state index in [9.17, 15) is 9.59 Å². The van der Waals surface area contributed by atoms with Gasteiger partial charge in [0.1, 0.15) is 0 Å². The van der Waals surface area contributed by atoms with Crippen LogP contribution in [0.3, 0.4) is 0 Å². The molecule has 1 aliphatic rings. The molecule has 2 atom stereocenters. The molecule has 1 saturated heterocycles. The molecule has 2 heterocycles. The minimum absolute atomic E-state index is 0.00754. The van der Waals surface area contributed by atoms with Gasteiger partial charge in [-0.3, -0.25) is 9.59 Å². The fourth-order valence-electron chi connectivity index (χ4n) is 3.59. The fourth-order valence-corrected chi connectivity index (χ4v) is 4.69. The number of carbonyl (C=O) groups is 2. The number of aromatic nitrogens is 1. The van der Waals surface area contributed by atoms with Gasteiger partial charge in [0.25, 0.3) is 11.8 Å². The summed E-state index contributed by atoms with van der Waals surface area (Å²) in [7, 11) is 0. The summed E-state index contributed by atoms with van der Waals surface area (Å²) in [6, 6.07) is 8.20. The number of fused-ring (bicyclic) bond motifs is 1. The highest BCUT2D eigenvalue weighted by Crippen LogP contribution is 2.32. The van der Waals surface area contributed by atoms with Crippen molar-refractivity contribution in [2.24, 2.45) is 0 Å². The summed E-state index contributed by atoms with van der Waals surface area (Å²) in [4.78, 5) is 32.4. The lowest BCUT2D eigenvalue weighted by molar-refractivity contribution is -0.882. The van der Waals surface area contributed by atoms with Crippen LogP contribution in [0.2, 0.25) is 0 Å². The first-order valence-corrected chi connectivity index (χ1v) is 10.7. The van der Waals surface area contributed by atoms with Gasteiger partial charge in [-0.05, 0) is 38.8 Å². The third-order valence-electron chi connectivity index (χ3n) is 5.12. The molecule has 0 radical (unpaired) electrons. The maximum atomic E-state index is 12.8. The summed E-state index contributed by atoms with van der Waals surface area (Å²) in [5, 5.41) is 3.95. The monoisotopic (exact) mass is 389 g/mol. The summed E-state index contributed by atoms with van der Waals surface area (Å²) < 4.78 is 1.21.